The molecule has 5 heteroatoms. The summed E-state index contributed by atoms with van der Waals surface area (Å²) >= 11 is 0. The maximum atomic E-state index is 13.3. The van der Waals surface area contributed by atoms with Gasteiger partial charge in [-0.1, -0.05) is 39.0 Å². The number of allylic oxidation sites excluding steroid dienone is 2. The third kappa shape index (κ3) is 3.05. The summed E-state index contributed by atoms with van der Waals surface area (Å²) in [5.74, 6) is 0.598. The van der Waals surface area contributed by atoms with Crippen LogP contribution < -0.4 is 0 Å². The maximum absolute atomic E-state index is 13.3. The quantitative estimate of drug-likeness (QED) is 0.556. The Morgan fingerprint density at radius 2 is 1.79 bits per heavy atom. The number of hydrogen-bond acceptors (Lipinski definition) is 3. The molecule has 0 aromatic heterocycles. The van der Waals surface area contributed by atoms with Gasteiger partial charge in [0.2, 0.25) is 9.84 Å². The summed E-state index contributed by atoms with van der Waals surface area (Å²) in [7, 11) is -5.17. The molecule has 1 spiro atoms. The Labute approximate surface area is 171 Å². The summed E-state index contributed by atoms with van der Waals surface area (Å²) < 4.78 is 33.4. The van der Waals surface area contributed by atoms with Crippen molar-refractivity contribution >= 4 is 18.2 Å². The molecule has 154 valence electrons. The van der Waals surface area contributed by atoms with Crippen LogP contribution >= 0.6 is 0 Å². The summed E-state index contributed by atoms with van der Waals surface area (Å²) in [6.07, 6.45) is 6.20. The van der Waals surface area contributed by atoms with Gasteiger partial charge in [-0.3, -0.25) is 0 Å². The lowest BCUT2D eigenvalue weighted by Gasteiger charge is -2.39. The standard InChI is InChI=1S/C23H34O3SSi/c1-22(2,3)28(4,5)26-18-15-17-11-12-20-21(13-14-23(17,20)16-18)27(24,25)19-9-7-6-8-10-19/h6-10,17-18H,11-16H2,1-5H3. The van der Waals surface area contributed by atoms with Gasteiger partial charge in [0.15, 0.2) is 8.32 Å². The molecule has 0 amide bonds. The Morgan fingerprint density at radius 1 is 1.11 bits per heavy atom. The minimum absolute atomic E-state index is 0.0875. The van der Waals surface area contributed by atoms with Crippen molar-refractivity contribution in [3.8, 4) is 0 Å². The largest absolute Gasteiger partial charge is 0.414 e. The van der Waals surface area contributed by atoms with Crippen molar-refractivity contribution in [2.75, 3.05) is 0 Å². The minimum Gasteiger partial charge on any atom is -0.414 e. The van der Waals surface area contributed by atoms with Crippen LogP contribution in [0.15, 0.2) is 45.7 Å². The van der Waals surface area contributed by atoms with Crippen LogP contribution in [0.5, 0.6) is 0 Å². The SMILES string of the molecule is CC(C)(C)[Si](C)(C)OC1CC2CCC3=C(S(=O)(=O)c4ccccc4)CCC32C1. The lowest BCUT2D eigenvalue weighted by atomic mass is 9.78. The van der Waals surface area contributed by atoms with E-state index in [1.807, 2.05) is 18.2 Å². The molecule has 2 saturated carbocycles. The molecule has 1 aromatic rings. The molecule has 0 saturated heterocycles. The fraction of sp³-hybridized carbons (Fsp3) is 0.652. The Bertz CT molecular complexity index is 896. The molecule has 0 bridgehead atoms. The monoisotopic (exact) mass is 418 g/mol. The lowest BCUT2D eigenvalue weighted by Crippen LogP contribution is -2.43. The van der Waals surface area contributed by atoms with Crippen molar-refractivity contribution in [2.24, 2.45) is 11.3 Å². The van der Waals surface area contributed by atoms with Gasteiger partial charge in [-0.05, 0) is 85.7 Å². The summed E-state index contributed by atoms with van der Waals surface area (Å²) in [5.41, 5.74) is 1.34. The predicted molar refractivity (Wildman–Crippen MR) is 116 cm³/mol. The molecule has 1 aromatic carbocycles. The van der Waals surface area contributed by atoms with Crippen LogP contribution in [-0.2, 0) is 14.3 Å². The highest BCUT2D eigenvalue weighted by atomic mass is 32.2. The van der Waals surface area contributed by atoms with E-state index >= 15 is 0 Å². The first-order chi connectivity index (χ1) is 13.0. The van der Waals surface area contributed by atoms with Gasteiger partial charge in [-0.2, -0.15) is 0 Å². The summed E-state index contributed by atoms with van der Waals surface area (Å²) in [6, 6.07) is 8.98. The molecular formula is C23H34O3SSi. The molecule has 0 aliphatic heterocycles. The van der Waals surface area contributed by atoms with E-state index in [9.17, 15) is 8.42 Å². The first-order valence-electron chi connectivity index (χ1n) is 10.7. The fourth-order valence-corrected chi connectivity index (χ4v) is 8.78. The molecule has 3 aliphatic rings. The van der Waals surface area contributed by atoms with Gasteiger partial charge in [0.25, 0.3) is 0 Å². The van der Waals surface area contributed by atoms with Crippen molar-refractivity contribution in [1.29, 1.82) is 0 Å². The number of sulfone groups is 1. The van der Waals surface area contributed by atoms with E-state index in [2.05, 4.69) is 33.9 Å². The van der Waals surface area contributed by atoms with Crippen molar-refractivity contribution in [3.63, 3.8) is 0 Å². The topological polar surface area (TPSA) is 43.4 Å². The second-order valence-electron chi connectivity index (χ2n) is 10.5. The van der Waals surface area contributed by atoms with E-state index in [4.69, 9.17) is 4.43 Å². The molecule has 0 radical (unpaired) electrons. The zero-order valence-corrected chi connectivity index (χ0v) is 19.7. The maximum Gasteiger partial charge on any atom is 0.202 e. The third-order valence-corrected chi connectivity index (χ3v) is 14.6. The summed E-state index contributed by atoms with van der Waals surface area (Å²) in [4.78, 5) is 1.18. The van der Waals surface area contributed by atoms with E-state index in [0.717, 1.165) is 37.0 Å². The molecule has 28 heavy (non-hydrogen) atoms. The second-order valence-corrected chi connectivity index (χ2v) is 17.3. The van der Waals surface area contributed by atoms with Crippen LogP contribution in [0.25, 0.3) is 0 Å². The molecular weight excluding hydrogens is 384 g/mol. The van der Waals surface area contributed by atoms with Crippen molar-refractivity contribution in [1.82, 2.24) is 0 Å². The average Bonchev–Trinajstić information content (AvgIpc) is 3.22. The minimum atomic E-state index is -3.37. The van der Waals surface area contributed by atoms with E-state index in [1.165, 1.54) is 5.57 Å². The second kappa shape index (κ2) is 6.54. The van der Waals surface area contributed by atoms with E-state index in [-0.39, 0.29) is 10.5 Å². The van der Waals surface area contributed by atoms with E-state index in [1.54, 1.807) is 12.1 Å². The van der Waals surface area contributed by atoms with Crippen LogP contribution in [-0.4, -0.2) is 22.8 Å². The third-order valence-electron chi connectivity index (χ3n) is 8.04. The first-order valence-corrected chi connectivity index (χ1v) is 15.1. The molecule has 0 heterocycles. The van der Waals surface area contributed by atoms with Crippen molar-refractivity contribution in [2.45, 2.75) is 88.4 Å². The molecule has 2 fully saturated rings. The van der Waals surface area contributed by atoms with Crippen molar-refractivity contribution < 1.29 is 12.8 Å². The Hall–Kier alpha value is -0.913. The number of rotatable bonds is 4. The molecule has 3 nitrogen and oxygen atoms in total. The fourth-order valence-electron chi connectivity index (χ4n) is 5.61. The molecule has 3 unspecified atom stereocenters. The zero-order valence-electron chi connectivity index (χ0n) is 17.9. The molecule has 3 aliphatic carbocycles. The van der Waals surface area contributed by atoms with E-state index < -0.39 is 18.2 Å². The van der Waals surface area contributed by atoms with Gasteiger partial charge in [-0.15, -0.1) is 0 Å². The highest BCUT2D eigenvalue weighted by Gasteiger charge is 2.58. The normalized spacial score (nSPS) is 30.6. The molecule has 3 atom stereocenters. The molecule has 4 rings (SSSR count). The van der Waals surface area contributed by atoms with Gasteiger partial charge in [0.05, 0.1) is 4.90 Å². The summed E-state index contributed by atoms with van der Waals surface area (Å²) in [6.45, 7) is 11.5. The van der Waals surface area contributed by atoms with Crippen LogP contribution in [0, 0.1) is 11.3 Å². The number of benzene rings is 1. The highest BCUT2D eigenvalue weighted by Crippen LogP contribution is 2.65. The van der Waals surface area contributed by atoms with Crippen LogP contribution in [0.4, 0.5) is 0 Å². The predicted octanol–water partition coefficient (Wildman–Crippen LogP) is 6.09. The average molecular weight is 419 g/mol. The van der Waals surface area contributed by atoms with E-state index in [0.29, 0.717) is 23.3 Å². The lowest BCUT2D eigenvalue weighted by molar-refractivity contribution is 0.172. The Morgan fingerprint density at radius 3 is 2.43 bits per heavy atom. The number of hydrogen-bond donors (Lipinski definition) is 0. The highest BCUT2D eigenvalue weighted by molar-refractivity contribution is 7.95. The Kier molecular flexibility index (Phi) is 4.76. The summed E-state index contributed by atoms with van der Waals surface area (Å²) in [5, 5.41) is 0.207. The van der Waals surface area contributed by atoms with Crippen LogP contribution in [0.1, 0.15) is 59.3 Å². The first kappa shape index (κ1) is 20.4. The van der Waals surface area contributed by atoms with Gasteiger partial charge in [0, 0.05) is 11.0 Å². The van der Waals surface area contributed by atoms with Crippen molar-refractivity contribution in [3.05, 3.63) is 40.8 Å². The smallest absolute Gasteiger partial charge is 0.202 e. The van der Waals surface area contributed by atoms with Crippen LogP contribution in [0.2, 0.25) is 18.1 Å². The van der Waals surface area contributed by atoms with Crippen LogP contribution in [0.3, 0.4) is 0 Å². The molecule has 0 N–H and O–H groups in total. The van der Waals surface area contributed by atoms with Gasteiger partial charge in [0.1, 0.15) is 0 Å². The Balaban J connectivity index is 1.63. The van der Waals surface area contributed by atoms with Gasteiger partial charge in [-0.25, -0.2) is 8.42 Å². The van der Waals surface area contributed by atoms with Gasteiger partial charge < -0.3 is 4.43 Å². The zero-order chi connectivity index (χ0) is 20.4. The van der Waals surface area contributed by atoms with Gasteiger partial charge >= 0.3 is 0 Å².